The van der Waals surface area contributed by atoms with Gasteiger partial charge in [0.05, 0.1) is 18.3 Å². The molecule has 0 aliphatic heterocycles. The summed E-state index contributed by atoms with van der Waals surface area (Å²) in [6.07, 6.45) is 13.2. The van der Waals surface area contributed by atoms with E-state index in [1.54, 1.807) is 0 Å². The van der Waals surface area contributed by atoms with Crippen molar-refractivity contribution >= 4 is 5.97 Å². The van der Waals surface area contributed by atoms with E-state index in [-0.39, 0.29) is 12.1 Å². The highest BCUT2D eigenvalue weighted by Crippen LogP contribution is 2.23. The summed E-state index contributed by atoms with van der Waals surface area (Å²) in [6, 6.07) is 15.8. The summed E-state index contributed by atoms with van der Waals surface area (Å²) in [5.74, 6) is 0.673. The Kier molecular flexibility index (Phi) is 12.6. The van der Waals surface area contributed by atoms with Gasteiger partial charge in [-0.15, -0.1) is 0 Å². The largest absolute Gasteiger partial charge is 0.494 e. The molecule has 1 atom stereocenters. The average Bonchev–Trinajstić information content (AvgIpc) is 2.81. The Balaban J connectivity index is 1.76. The Morgan fingerprint density at radius 3 is 1.88 bits per heavy atom. The minimum atomic E-state index is -0.234. The van der Waals surface area contributed by atoms with Crippen molar-refractivity contribution in [2.24, 2.45) is 0 Å². The minimum Gasteiger partial charge on any atom is -0.494 e. The Morgan fingerprint density at radius 1 is 0.719 bits per heavy atom. The fourth-order valence-electron chi connectivity index (χ4n) is 3.78. The molecule has 0 aliphatic rings. The molecule has 3 heteroatoms. The molecule has 0 saturated carbocycles. The monoisotopic (exact) mass is 438 g/mol. The van der Waals surface area contributed by atoms with Crippen LogP contribution in [0, 0.1) is 0 Å². The van der Waals surface area contributed by atoms with Gasteiger partial charge in [-0.3, -0.25) is 0 Å². The minimum absolute atomic E-state index is 0.0390. The van der Waals surface area contributed by atoms with Gasteiger partial charge in [0.15, 0.2) is 0 Å². The van der Waals surface area contributed by atoms with E-state index in [4.69, 9.17) is 9.47 Å². The highest BCUT2D eigenvalue weighted by Gasteiger charge is 2.12. The molecule has 3 nitrogen and oxygen atoms in total. The molecule has 0 saturated heterocycles. The van der Waals surface area contributed by atoms with Crippen molar-refractivity contribution < 1.29 is 14.3 Å². The van der Waals surface area contributed by atoms with Gasteiger partial charge in [-0.1, -0.05) is 89.5 Å². The molecular formula is C29H42O3. The van der Waals surface area contributed by atoms with Gasteiger partial charge in [-0.05, 0) is 61.6 Å². The number of benzene rings is 2. The molecule has 0 amide bonds. The second-order valence-electron chi connectivity index (χ2n) is 8.78. The summed E-state index contributed by atoms with van der Waals surface area (Å²) in [4.78, 5) is 12.4. The number of esters is 1. The van der Waals surface area contributed by atoms with E-state index < -0.39 is 0 Å². The maximum absolute atomic E-state index is 12.4. The van der Waals surface area contributed by atoms with Crippen LogP contribution in [0.1, 0.15) is 102 Å². The van der Waals surface area contributed by atoms with Crippen LogP contribution in [0.3, 0.4) is 0 Å². The van der Waals surface area contributed by atoms with Crippen LogP contribution in [0.4, 0.5) is 0 Å². The topological polar surface area (TPSA) is 35.5 Å². The highest BCUT2D eigenvalue weighted by atomic mass is 16.5. The Hall–Kier alpha value is -2.29. The van der Waals surface area contributed by atoms with Crippen molar-refractivity contribution in [3.8, 4) is 16.9 Å². The number of carbonyl (C=O) groups is 1. The molecule has 0 aliphatic carbocycles. The van der Waals surface area contributed by atoms with Crippen LogP contribution in [0.2, 0.25) is 0 Å². The SMILES string of the molecule is CCCCCCCCC(C)OC(=O)c1ccc(-c2ccc(OCCCCCC)cc2)cc1. The molecule has 0 spiro atoms. The van der Waals surface area contributed by atoms with E-state index in [1.165, 1.54) is 51.4 Å². The van der Waals surface area contributed by atoms with Gasteiger partial charge < -0.3 is 9.47 Å². The Bertz CT molecular complexity index is 749. The van der Waals surface area contributed by atoms with Crippen LogP contribution < -0.4 is 4.74 Å². The lowest BCUT2D eigenvalue weighted by molar-refractivity contribution is 0.0319. The first-order chi connectivity index (χ1) is 15.6. The van der Waals surface area contributed by atoms with Crippen molar-refractivity contribution in [2.45, 2.75) is 97.5 Å². The zero-order valence-corrected chi connectivity index (χ0v) is 20.4. The molecule has 0 radical (unpaired) electrons. The zero-order chi connectivity index (χ0) is 23.0. The summed E-state index contributed by atoms with van der Waals surface area (Å²) in [6.45, 7) is 7.21. The van der Waals surface area contributed by atoms with E-state index in [9.17, 15) is 4.79 Å². The van der Waals surface area contributed by atoms with E-state index in [2.05, 4.69) is 26.0 Å². The Labute approximate surface area is 195 Å². The van der Waals surface area contributed by atoms with Gasteiger partial charge in [0.25, 0.3) is 0 Å². The molecule has 2 aromatic carbocycles. The third kappa shape index (κ3) is 9.89. The standard InChI is InChI=1S/C29H42O3/c1-4-6-8-10-11-12-14-24(3)32-29(30)27-17-15-25(16-18-27)26-19-21-28(22-20-26)31-23-13-9-7-5-2/h15-22,24H,4-14,23H2,1-3H3. The molecule has 0 bridgehead atoms. The summed E-state index contributed by atoms with van der Waals surface area (Å²) in [5.41, 5.74) is 2.80. The smallest absolute Gasteiger partial charge is 0.338 e. The van der Waals surface area contributed by atoms with Gasteiger partial charge in [-0.2, -0.15) is 0 Å². The van der Waals surface area contributed by atoms with Crippen LogP contribution in [0.15, 0.2) is 48.5 Å². The first-order valence-electron chi connectivity index (χ1n) is 12.7. The van der Waals surface area contributed by atoms with Crippen molar-refractivity contribution in [1.29, 1.82) is 0 Å². The Morgan fingerprint density at radius 2 is 1.25 bits per heavy atom. The van der Waals surface area contributed by atoms with Crippen molar-refractivity contribution in [3.05, 3.63) is 54.1 Å². The summed E-state index contributed by atoms with van der Waals surface area (Å²) in [5, 5.41) is 0. The predicted octanol–water partition coefficient (Wildman–Crippen LogP) is 8.61. The van der Waals surface area contributed by atoms with Gasteiger partial charge in [-0.25, -0.2) is 4.79 Å². The van der Waals surface area contributed by atoms with Gasteiger partial charge in [0.2, 0.25) is 0 Å². The van der Waals surface area contributed by atoms with E-state index in [0.717, 1.165) is 42.7 Å². The van der Waals surface area contributed by atoms with Crippen molar-refractivity contribution in [1.82, 2.24) is 0 Å². The maximum atomic E-state index is 12.4. The zero-order valence-electron chi connectivity index (χ0n) is 20.4. The van der Waals surface area contributed by atoms with Gasteiger partial charge in [0, 0.05) is 0 Å². The molecule has 0 fully saturated rings. The van der Waals surface area contributed by atoms with E-state index >= 15 is 0 Å². The third-order valence-corrected chi connectivity index (χ3v) is 5.85. The van der Waals surface area contributed by atoms with Crippen LogP contribution >= 0.6 is 0 Å². The second-order valence-corrected chi connectivity index (χ2v) is 8.78. The van der Waals surface area contributed by atoms with E-state index in [0.29, 0.717) is 5.56 Å². The lowest BCUT2D eigenvalue weighted by Crippen LogP contribution is -2.15. The molecule has 32 heavy (non-hydrogen) atoms. The molecule has 0 N–H and O–H groups in total. The third-order valence-electron chi connectivity index (χ3n) is 5.85. The number of rotatable bonds is 16. The molecule has 176 valence electrons. The summed E-state index contributed by atoms with van der Waals surface area (Å²) >= 11 is 0. The number of hydrogen-bond acceptors (Lipinski definition) is 3. The van der Waals surface area contributed by atoms with Gasteiger partial charge in [0.1, 0.15) is 5.75 Å². The second kappa shape index (κ2) is 15.5. The van der Waals surface area contributed by atoms with E-state index in [1.807, 2.05) is 43.3 Å². The lowest BCUT2D eigenvalue weighted by Gasteiger charge is -2.13. The van der Waals surface area contributed by atoms with Crippen molar-refractivity contribution in [2.75, 3.05) is 6.61 Å². The number of carbonyl (C=O) groups excluding carboxylic acids is 1. The molecule has 0 aromatic heterocycles. The van der Waals surface area contributed by atoms with Crippen LogP contribution in [-0.4, -0.2) is 18.7 Å². The first-order valence-corrected chi connectivity index (χ1v) is 12.7. The molecular weight excluding hydrogens is 396 g/mol. The van der Waals surface area contributed by atoms with Crippen LogP contribution in [0.25, 0.3) is 11.1 Å². The quantitative estimate of drug-likeness (QED) is 0.194. The normalized spacial score (nSPS) is 11.8. The molecule has 1 unspecified atom stereocenters. The van der Waals surface area contributed by atoms with Gasteiger partial charge >= 0.3 is 5.97 Å². The lowest BCUT2D eigenvalue weighted by atomic mass is 10.0. The number of unbranched alkanes of at least 4 members (excludes halogenated alkanes) is 8. The maximum Gasteiger partial charge on any atom is 0.338 e. The number of hydrogen-bond donors (Lipinski definition) is 0. The fraction of sp³-hybridized carbons (Fsp3) is 0.552. The first kappa shape index (κ1) is 26.0. The van der Waals surface area contributed by atoms with Crippen molar-refractivity contribution in [3.63, 3.8) is 0 Å². The summed E-state index contributed by atoms with van der Waals surface area (Å²) < 4.78 is 11.5. The fourth-order valence-corrected chi connectivity index (χ4v) is 3.78. The molecule has 2 rings (SSSR count). The number of ether oxygens (including phenoxy) is 2. The molecule has 2 aromatic rings. The summed E-state index contributed by atoms with van der Waals surface area (Å²) in [7, 11) is 0. The highest BCUT2D eigenvalue weighted by molar-refractivity contribution is 5.90. The van der Waals surface area contributed by atoms with Crippen LogP contribution in [0.5, 0.6) is 5.75 Å². The average molecular weight is 439 g/mol. The molecule has 0 heterocycles. The predicted molar refractivity (Wildman–Crippen MR) is 134 cm³/mol. The van der Waals surface area contributed by atoms with Crippen LogP contribution in [-0.2, 0) is 4.74 Å².